The maximum Gasteiger partial charge on any atom is 0.123 e. The normalized spacial score (nSPS) is 53.2. The second-order valence-corrected chi connectivity index (χ2v) is 10.3. The van der Waals surface area contributed by atoms with E-state index in [4.69, 9.17) is 0 Å². The first-order chi connectivity index (χ1) is 11.8. The minimum absolute atomic E-state index is 0.135. The Balaban J connectivity index is 1.67. The molecule has 0 amide bonds. The first-order valence-electron chi connectivity index (χ1n) is 10.6. The maximum atomic E-state index is 11.5. The van der Waals surface area contributed by atoms with Crippen molar-refractivity contribution in [3.63, 3.8) is 0 Å². The van der Waals surface area contributed by atoms with Crippen LogP contribution in [0.1, 0.15) is 72.6 Å². The number of hydrogen-bond acceptors (Lipinski definition) is 2. The number of aliphatic hydroxyl groups is 1. The number of carbonyl (C=O) groups excluding carboxylic acids is 1. The quantitative estimate of drug-likeness (QED) is 0.565. The third-order valence-corrected chi connectivity index (χ3v) is 9.56. The molecule has 25 heavy (non-hydrogen) atoms. The van der Waals surface area contributed by atoms with E-state index in [9.17, 15) is 9.90 Å². The van der Waals surface area contributed by atoms with Gasteiger partial charge in [-0.1, -0.05) is 39.3 Å². The summed E-state index contributed by atoms with van der Waals surface area (Å²) in [6.45, 7) is 9.52. The highest BCUT2D eigenvalue weighted by Crippen LogP contribution is 2.67. The molecule has 0 radical (unpaired) electrons. The van der Waals surface area contributed by atoms with Crippen molar-refractivity contribution in [2.24, 2.45) is 46.3 Å². The van der Waals surface area contributed by atoms with Crippen molar-refractivity contribution in [2.45, 2.75) is 78.7 Å². The van der Waals surface area contributed by atoms with Crippen molar-refractivity contribution in [3.8, 4) is 0 Å². The van der Waals surface area contributed by atoms with E-state index < -0.39 is 0 Å². The molecule has 9 atom stereocenters. The Morgan fingerprint density at radius 3 is 2.72 bits per heavy atom. The summed E-state index contributed by atoms with van der Waals surface area (Å²) in [5.74, 6) is 3.71. The highest BCUT2D eigenvalue weighted by molar-refractivity contribution is 5.53. The fourth-order valence-electron chi connectivity index (χ4n) is 8.07. The predicted octanol–water partition coefficient (Wildman–Crippen LogP) is 5.01. The third kappa shape index (κ3) is 2.35. The van der Waals surface area contributed by atoms with Gasteiger partial charge >= 0.3 is 0 Å². The van der Waals surface area contributed by atoms with Crippen LogP contribution in [-0.2, 0) is 4.79 Å². The summed E-state index contributed by atoms with van der Waals surface area (Å²) in [7, 11) is 0. The average Bonchev–Trinajstić information content (AvgIpc) is 2.93. The summed E-state index contributed by atoms with van der Waals surface area (Å²) in [5.41, 5.74) is 2.21. The minimum Gasteiger partial charge on any atom is -0.393 e. The molecule has 2 heteroatoms. The zero-order chi connectivity index (χ0) is 18.0. The van der Waals surface area contributed by atoms with Gasteiger partial charge in [-0.3, -0.25) is 0 Å². The summed E-state index contributed by atoms with van der Waals surface area (Å²) in [6.07, 6.45) is 11.8. The van der Waals surface area contributed by atoms with Gasteiger partial charge in [0.2, 0.25) is 0 Å². The molecular formula is C23H36O2. The van der Waals surface area contributed by atoms with Crippen LogP contribution in [0.25, 0.3) is 0 Å². The zero-order valence-electron chi connectivity index (χ0n) is 16.5. The Labute approximate surface area is 153 Å². The van der Waals surface area contributed by atoms with Gasteiger partial charge in [0.25, 0.3) is 0 Å². The summed E-state index contributed by atoms with van der Waals surface area (Å²) >= 11 is 0. The summed E-state index contributed by atoms with van der Waals surface area (Å²) in [4.78, 5) is 11.5. The van der Waals surface area contributed by atoms with Crippen LogP contribution in [0.3, 0.4) is 0 Å². The molecule has 0 aromatic heterocycles. The van der Waals surface area contributed by atoms with Crippen LogP contribution in [0, 0.1) is 46.3 Å². The Bertz CT molecular complexity index is 581. The molecule has 0 heterocycles. The van der Waals surface area contributed by atoms with E-state index in [1.165, 1.54) is 38.4 Å². The van der Waals surface area contributed by atoms with Crippen LogP contribution in [0.2, 0.25) is 0 Å². The maximum absolute atomic E-state index is 11.5. The molecule has 1 N–H and O–H groups in total. The Hall–Kier alpha value is -0.630. The van der Waals surface area contributed by atoms with Crippen molar-refractivity contribution in [1.82, 2.24) is 0 Å². The van der Waals surface area contributed by atoms with Crippen LogP contribution >= 0.6 is 0 Å². The van der Waals surface area contributed by atoms with Crippen LogP contribution in [0.5, 0.6) is 0 Å². The first-order valence-corrected chi connectivity index (χ1v) is 10.6. The molecule has 0 aromatic rings. The topological polar surface area (TPSA) is 37.3 Å². The predicted molar refractivity (Wildman–Crippen MR) is 101 cm³/mol. The van der Waals surface area contributed by atoms with Crippen LogP contribution < -0.4 is 0 Å². The Kier molecular flexibility index (Phi) is 4.22. The van der Waals surface area contributed by atoms with E-state index in [0.29, 0.717) is 17.3 Å². The lowest BCUT2D eigenvalue weighted by Gasteiger charge is -2.60. The Morgan fingerprint density at radius 2 is 2.00 bits per heavy atom. The average molecular weight is 345 g/mol. The standard InChI is InChI=1S/C23H36O2/c1-14(13-24)19-7-8-20-18-6-5-16-12-17(25)11-15(2)23(16,4)21(18)9-10-22(19,20)3/h5,13-15,17-21,25H,6-12H2,1-4H3/t14-,15+,17+,18+,19-,20+,21+,22-,23+/m1/s1. The molecule has 3 fully saturated rings. The zero-order valence-corrected chi connectivity index (χ0v) is 16.5. The SMILES string of the molecule is C[C@H](C=O)[C@H]1CC[C@H]2[C@@H]3CC=C4C[C@@H](O)C[C@H](C)[C@]4(C)[C@H]3CC[C@]12C. The molecule has 2 nitrogen and oxygen atoms in total. The number of carbonyl (C=O) groups is 1. The molecule has 3 saturated carbocycles. The van der Waals surface area contributed by atoms with Gasteiger partial charge in [-0.05, 0) is 85.4 Å². The molecule has 0 aromatic carbocycles. The number of aliphatic hydroxyl groups excluding tert-OH is 1. The smallest absolute Gasteiger partial charge is 0.123 e. The largest absolute Gasteiger partial charge is 0.393 e. The van der Waals surface area contributed by atoms with Crippen molar-refractivity contribution in [3.05, 3.63) is 11.6 Å². The van der Waals surface area contributed by atoms with Crippen molar-refractivity contribution in [2.75, 3.05) is 0 Å². The molecule has 4 aliphatic rings. The van der Waals surface area contributed by atoms with Gasteiger partial charge in [0.1, 0.15) is 6.29 Å². The fourth-order valence-corrected chi connectivity index (χ4v) is 8.07. The van der Waals surface area contributed by atoms with Gasteiger partial charge in [0.05, 0.1) is 6.10 Å². The van der Waals surface area contributed by atoms with Crippen molar-refractivity contribution < 1.29 is 9.90 Å². The van der Waals surface area contributed by atoms with E-state index in [-0.39, 0.29) is 17.4 Å². The van der Waals surface area contributed by atoms with Gasteiger partial charge in [0.15, 0.2) is 0 Å². The molecule has 4 rings (SSSR count). The van der Waals surface area contributed by atoms with Crippen LogP contribution in [0.15, 0.2) is 11.6 Å². The van der Waals surface area contributed by atoms with E-state index in [0.717, 1.165) is 30.6 Å². The summed E-state index contributed by atoms with van der Waals surface area (Å²) in [6, 6.07) is 0. The fraction of sp³-hybridized carbons (Fsp3) is 0.870. The number of hydrogen-bond donors (Lipinski definition) is 1. The molecule has 0 unspecified atom stereocenters. The third-order valence-electron chi connectivity index (χ3n) is 9.56. The number of fused-ring (bicyclic) bond motifs is 5. The molecule has 0 bridgehead atoms. The highest BCUT2D eigenvalue weighted by atomic mass is 16.3. The van der Waals surface area contributed by atoms with Crippen LogP contribution in [-0.4, -0.2) is 17.5 Å². The lowest BCUT2D eigenvalue weighted by molar-refractivity contribution is -0.116. The van der Waals surface area contributed by atoms with Crippen molar-refractivity contribution in [1.29, 1.82) is 0 Å². The Morgan fingerprint density at radius 1 is 1.24 bits per heavy atom. The monoisotopic (exact) mass is 344 g/mol. The number of allylic oxidation sites excluding steroid dienone is 1. The van der Waals surface area contributed by atoms with Gasteiger partial charge in [-0.2, -0.15) is 0 Å². The lowest BCUT2D eigenvalue weighted by atomic mass is 9.45. The van der Waals surface area contributed by atoms with E-state index in [2.05, 4.69) is 33.8 Å². The van der Waals surface area contributed by atoms with Crippen LogP contribution in [0.4, 0.5) is 0 Å². The number of aldehydes is 1. The van der Waals surface area contributed by atoms with Crippen molar-refractivity contribution >= 4 is 6.29 Å². The van der Waals surface area contributed by atoms with Gasteiger partial charge in [-0.25, -0.2) is 0 Å². The van der Waals surface area contributed by atoms with Gasteiger partial charge < -0.3 is 9.90 Å². The van der Waals surface area contributed by atoms with E-state index >= 15 is 0 Å². The number of rotatable bonds is 2. The second kappa shape index (κ2) is 5.94. The van der Waals surface area contributed by atoms with E-state index in [1.807, 2.05) is 0 Å². The molecular weight excluding hydrogens is 308 g/mol. The first kappa shape index (κ1) is 17.8. The van der Waals surface area contributed by atoms with Gasteiger partial charge in [0, 0.05) is 5.92 Å². The molecule has 4 aliphatic carbocycles. The summed E-state index contributed by atoms with van der Waals surface area (Å²) in [5, 5.41) is 10.3. The molecule has 0 aliphatic heterocycles. The highest BCUT2D eigenvalue weighted by Gasteiger charge is 2.60. The van der Waals surface area contributed by atoms with Gasteiger partial charge in [-0.15, -0.1) is 0 Å². The molecule has 0 saturated heterocycles. The second-order valence-electron chi connectivity index (χ2n) is 10.3. The molecule has 0 spiro atoms. The summed E-state index contributed by atoms with van der Waals surface area (Å²) < 4.78 is 0. The lowest BCUT2D eigenvalue weighted by Crippen LogP contribution is -2.53. The molecule has 140 valence electrons. The van der Waals surface area contributed by atoms with E-state index in [1.54, 1.807) is 5.57 Å². The minimum atomic E-state index is -0.135.